The summed E-state index contributed by atoms with van der Waals surface area (Å²) in [6, 6.07) is 15.0. The lowest BCUT2D eigenvalue weighted by Gasteiger charge is -2.28. The van der Waals surface area contributed by atoms with Gasteiger partial charge >= 0.3 is 5.97 Å². The fourth-order valence-electron chi connectivity index (χ4n) is 2.60. The van der Waals surface area contributed by atoms with Gasteiger partial charge in [-0.2, -0.15) is 0 Å². The zero-order valence-electron chi connectivity index (χ0n) is 12.5. The molecule has 4 nitrogen and oxygen atoms in total. The van der Waals surface area contributed by atoms with Crippen LogP contribution < -0.4 is 0 Å². The Hall–Kier alpha value is -2.14. The van der Waals surface area contributed by atoms with Gasteiger partial charge in [0.2, 0.25) is 0 Å². The van der Waals surface area contributed by atoms with Crippen molar-refractivity contribution in [2.75, 3.05) is 13.2 Å². The maximum Gasteiger partial charge on any atom is 0.338 e. The standard InChI is InChI=1S/C18H16BrNO3/c19-16-7-5-14(6-8-16)18(22)23-12-17(21)20-10-9-13-3-1-2-4-15(13)11-20/h1-8H,9-12H2. The molecule has 0 aliphatic carbocycles. The zero-order valence-corrected chi connectivity index (χ0v) is 14.1. The molecule has 1 aliphatic rings. The summed E-state index contributed by atoms with van der Waals surface area (Å²) in [7, 11) is 0. The number of halogens is 1. The molecule has 0 saturated heterocycles. The number of amides is 1. The SMILES string of the molecule is O=C(OCC(=O)N1CCc2ccccc2C1)c1ccc(Br)cc1. The van der Waals surface area contributed by atoms with Crippen molar-refractivity contribution in [1.29, 1.82) is 0 Å². The van der Waals surface area contributed by atoms with Crippen molar-refractivity contribution in [1.82, 2.24) is 4.90 Å². The molecule has 0 fully saturated rings. The van der Waals surface area contributed by atoms with Gasteiger partial charge in [0.15, 0.2) is 6.61 Å². The molecule has 0 radical (unpaired) electrons. The van der Waals surface area contributed by atoms with Crippen LogP contribution in [0.3, 0.4) is 0 Å². The number of rotatable bonds is 3. The van der Waals surface area contributed by atoms with Crippen LogP contribution in [0.25, 0.3) is 0 Å². The third-order valence-electron chi connectivity index (χ3n) is 3.89. The molecule has 0 spiro atoms. The van der Waals surface area contributed by atoms with Gasteiger partial charge in [-0.25, -0.2) is 4.79 Å². The summed E-state index contributed by atoms with van der Waals surface area (Å²) in [5.74, 6) is -0.645. The quantitative estimate of drug-likeness (QED) is 0.776. The predicted octanol–water partition coefficient (Wildman–Crippen LogP) is 3.19. The summed E-state index contributed by atoms with van der Waals surface area (Å²) in [6.07, 6.45) is 0.836. The molecule has 1 heterocycles. The van der Waals surface area contributed by atoms with E-state index in [2.05, 4.69) is 22.0 Å². The lowest BCUT2D eigenvalue weighted by molar-refractivity contribution is -0.135. The van der Waals surface area contributed by atoms with E-state index in [0.29, 0.717) is 18.7 Å². The minimum Gasteiger partial charge on any atom is -0.452 e. The molecule has 1 aliphatic heterocycles. The highest BCUT2D eigenvalue weighted by Gasteiger charge is 2.21. The largest absolute Gasteiger partial charge is 0.452 e. The monoisotopic (exact) mass is 373 g/mol. The van der Waals surface area contributed by atoms with Crippen LogP contribution in [0.15, 0.2) is 53.0 Å². The Morgan fingerprint density at radius 2 is 1.74 bits per heavy atom. The van der Waals surface area contributed by atoms with Gasteiger partial charge in [-0.3, -0.25) is 4.79 Å². The van der Waals surface area contributed by atoms with Gasteiger partial charge in [0.1, 0.15) is 0 Å². The molecule has 0 unspecified atom stereocenters. The van der Waals surface area contributed by atoms with Crippen molar-refractivity contribution >= 4 is 27.8 Å². The van der Waals surface area contributed by atoms with Gasteiger partial charge in [-0.05, 0) is 41.8 Å². The van der Waals surface area contributed by atoms with Crippen LogP contribution in [0.1, 0.15) is 21.5 Å². The van der Waals surface area contributed by atoms with Crippen LogP contribution in [0.4, 0.5) is 0 Å². The maximum absolute atomic E-state index is 12.2. The third-order valence-corrected chi connectivity index (χ3v) is 4.42. The Kier molecular flexibility index (Phi) is 4.76. The molecule has 0 bridgehead atoms. The lowest BCUT2D eigenvalue weighted by Crippen LogP contribution is -2.38. The van der Waals surface area contributed by atoms with Gasteiger partial charge in [-0.1, -0.05) is 40.2 Å². The second kappa shape index (κ2) is 6.96. The van der Waals surface area contributed by atoms with Crippen molar-refractivity contribution in [2.24, 2.45) is 0 Å². The first kappa shape index (κ1) is 15.7. The molecule has 0 aromatic heterocycles. The second-order valence-corrected chi connectivity index (χ2v) is 6.33. The molecular formula is C18H16BrNO3. The number of nitrogens with zero attached hydrogens (tertiary/aromatic N) is 1. The Balaban J connectivity index is 1.56. The molecule has 0 atom stereocenters. The fraction of sp³-hybridized carbons (Fsp3) is 0.222. The summed E-state index contributed by atoms with van der Waals surface area (Å²) in [4.78, 5) is 25.9. The molecule has 2 aromatic carbocycles. The van der Waals surface area contributed by atoms with E-state index >= 15 is 0 Å². The second-order valence-electron chi connectivity index (χ2n) is 5.42. The van der Waals surface area contributed by atoms with Crippen molar-refractivity contribution in [3.8, 4) is 0 Å². The van der Waals surface area contributed by atoms with Crippen LogP contribution >= 0.6 is 15.9 Å². The first-order valence-electron chi connectivity index (χ1n) is 7.41. The summed E-state index contributed by atoms with van der Waals surface area (Å²) in [5, 5.41) is 0. The lowest BCUT2D eigenvalue weighted by atomic mass is 10.00. The Labute approximate surface area is 143 Å². The molecule has 23 heavy (non-hydrogen) atoms. The van der Waals surface area contributed by atoms with Crippen molar-refractivity contribution in [2.45, 2.75) is 13.0 Å². The van der Waals surface area contributed by atoms with E-state index in [4.69, 9.17) is 4.74 Å². The number of fused-ring (bicyclic) bond motifs is 1. The number of carbonyl (C=O) groups is 2. The molecular weight excluding hydrogens is 358 g/mol. The Morgan fingerprint density at radius 1 is 1.04 bits per heavy atom. The Bertz CT molecular complexity index is 727. The van der Waals surface area contributed by atoms with E-state index in [1.807, 2.05) is 18.2 Å². The molecule has 2 aromatic rings. The molecule has 5 heteroatoms. The minimum atomic E-state index is -0.483. The van der Waals surface area contributed by atoms with E-state index in [1.54, 1.807) is 29.2 Å². The maximum atomic E-state index is 12.2. The number of ether oxygens (including phenoxy) is 1. The van der Waals surface area contributed by atoms with Crippen molar-refractivity contribution < 1.29 is 14.3 Å². The molecule has 118 valence electrons. The normalized spacial score (nSPS) is 13.3. The van der Waals surface area contributed by atoms with E-state index in [9.17, 15) is 9.59 Å². The van der Waals surface area contributed by atoms with Gasteiger partial charge in [0.25, 0.3) is 5.91 Å². The van der Waals surface area contributed by atoms with Crippen LogP contribution in [-0.4, -0.2) is 29.9 Å². The van der Waals surface area contributed by atoms with Crippen molar-refractivity contribution in [3.05, 3.63) is 69.7 Å². The highest BCUT2D eigenvalue weighted by atomic mass is 79.9. The topological polar surface area (TPSA) is 46.6 Å². The number of hydrogen-bond donors (Lipinski definition) is 0. The highest BCUT2D eigenvalue weighted by Crippen LogP contribution is 2.18. The predicted molar refractivity (Wildman–Crippen MR) is 90.0 cm³/mol. The smallest absolute Gasteiger partial charge is 0.338 e. The number of carbonyl (C=O) groups excluding carboxylic acids is 2. The summed E-state index contributed by atoms with van der Waals surface area (Å²) in [5.41, 5.74) is 2.87. The third kappa shape index (κ3) is 3.79. The van der Waals surface area contributed by atoms with E-state index < -0.39 is 5.97 Å². The highest BCUT2D eigenvalue weighted by molar-refractivity contribution is 9.10. The van der Waals surface area contributed by atoms with Gasteiger partial charge in [0.05, 0.1) is 5.56 Å². The van der Waals surface area contributed by atoms with Gasteiger partial charge < -0.3 is 9.64 Å². The number of esters is 1. The molecule has 3 rings (SSSR count). The van der Waals surface area contributed by atoms with E-state index in [0.717, 1.165) is 16.5 Å². The van der Waals surface area contributed by atoms with Gasteiger partial charge in [0, 0.05) is 17.6 Å². The van der Waals surface area contributed by atoms with Crippen LogP contribution in [-0.2, 0) is 22.5 Å². The van der Waals surface area contributed by atoms with Crippen molar-refractivity contribution in [3.63, 3.8) is 0 Å². The van der Waals surface area contributed by atoms with Gasteiger partial charge in [-0.15, -0.1) is 0 Å². The van der Waals surface area contributed by atoms with E-state index in [-0.39, 0.29) is 12.5 Å². The Morgan fingerprint density at radius 3 is 2.48 bits per heavy atom. The van der Waals surface area contributed by atoms with Crippen LogP contribution in [0, 0.1) is 0 Å². The summed E-state index contributed by atoms with van der Waals surface area (Å²) in [6.45, 7) is 1.01. The zero-order chi connectivity index (χ0) is 16.2. The molecule has 0 saturated carbocycles. The first-order chi connectivity index (χ1) is 11.1. The molecule has 0 N–H and O–H groups in total. The van der Waals surface area contributed by atoms with Crippen LogP contribution in [0.5, 0.6) is 0 Å². The van der Waals surface area contributed by atoms with E-state index in [1.165, 1.54) is 5.56 Å². The minimum absolute atomic E-state index is 0.162. The number of benzene rings is 2. The fourth-order valence-corrected chi connectivity index (χ4v) is 2.86. The summed E-state index contributed by atoms with van der Waals surface area (Å²) >= 11 is 3.31. The van der Waals surface area contributed by atoms with Crippen LogP contribution in [0.2, 0.25) is 0 Å². The first-order valence-corrected chi connectivity index (χ1v) is 8.20. The summed E-state index contributed by atoms with van der Waals surface area (Å²) < 4.78 is 6.01. The molecule has 1 amide bonds. The number of hydrogen-bond acceptors (Lipinski definition) is 3. The average molecular weight is 374 g/mol. The average Bonchev–Trinajstić information content (AvgIpc) is 2.59.